The van der Waals surface area contributed by atoms with E-state index in [1.54, 1.807) is 0 Å². The number of hydrogen-bond acceptors (Lipinski definition) is 1. The highest BCUT2D eigenvalue weighted by Gasteiger charge is 2.41. The topological polar surface area (TPSA) is 14.2 Å². The molecule has 0 saturated carbocycles. The molecule has 0 spiro atoms. The summed E-state index contributed by atoms with van der Waals surface area (Å²) in [4.78, 5) is 0. The van der Waals surface area contributed by atoms with E-state index in [0.717, 1.165) is 11.5 Å². The van der Waals surface area contributed by atoms with Crippen molar-refractivity contribution in [2.24, 2.45) is 0 Å². The number of rotatable bonds is 0. The van der Waals surface area contributed by atoms with E-state index in [4.69, 9.17) is 4.74 Å². The van der Waals surface area contributed by atoms with Gasteiger partial charge in [-0.1, -0.05) is 92.6 Å². The van der Waals surface area contributed by atoms with E-state index in [2.05, 4.69) is 134 Å². The highest BCUT2D eigenvalue weighted by Crippen LogP contribution is 2.41. The Kier molecular flexibility index (Phi) is 4.79. The van der Waals surface area contributed by atoms with Crippen molar-refractivity contribution in [3.63, 3.8) is 0 Å². The second-order valence-electron chi connectivity index (χ2n) is 14.8. The molecular formula is C36H38BNO. The number of ether oxygens (including phenoxy) is 1. The highest BCUT2D eigenvalue weighted by molar-refractivity contribution is 6.99. The zero-order valence-corrected chi connectivity index (χ0v) is 24.8. The van der Waals surface area contributed by atoms with E-state index in [1.807, 2.05) is 0 Å². The lowest BCUT2D eigenvalue weighted by molar-refractivity contribution is 0.483. The second kappa shape index (κ2) is 7.59. The lowest BCUT2D eigenvalue weighted by atomic mass is 9.34. The molecule has 0 amide bonds. The Morgan fingerprint density at radius 2 is 1.23 bits per heavy atom. The van der Waals surface area contributed by atoms with Crippen LogP contribution < -0.4 is 21.1 Å². The SMILES string of the molecule is CC(C)(C)c1ccc2c(c1)Oc1cccc3c1B2c1cc(C(C)(C)C)cc2c4cc(C(C)(C)C)ccc4n-3c12. The number of nitrogens with zero attached hydrogens (tertiary/aromatic N) is 1. The third kappa shape index (κ3) is 3.48. The summed E-state index contributed by atoms with van der Waals surface area (Å²) in [7, 11) is 0. The predicted molar refractivity (Wildman–Crippen MR) is 168 cm³/mol. The summed E-state index contributed by atoms with van der Waals surface area (Å²) in [5.74, 6) is 1.97. The monoisotopic (exact) mass is 511 g/mol. The van der Waals surface area contributed by atoms with Gasteiger partial charge in [-0.25, -0.2) is 0 Å². The third-order valence-electron chi connectivity index (χ3n) is 8.92. The van der Waals surface area contributed by atoms with Gasteiger partial charge < -0.3 is 9.30 Å². The first-order chi connectivity index (χ1) is 18.2. The van der Waals surface area contributed by atoms with Crippen molar-refractivity contribution in [2.75, 3.05) is 0 Å². The van der Waals surface area contributed by atoms with Crippen LogP contribution in [0.25, 0.3) is 27.5 Å². The molecule has 3 heteroatoms. The Morgan fingerprint density at radius 3 is 1.92 bits per heavy atom. The molecule has 0 N–H and O–H groups in total. The van der Waals surface area contributed by atoms with Crippen molar-refractivity contribution in [1.82, 2.24) is 4.57 Å². The van der Waals surface area contributed by atoms with Crippen LogP contribution >= 0.6 is 0 Å². The van der Waals surface area contributed by atoms with Crippen LogP contribution in [-0.4, -0.2) is 11.3 Å². The maximum Gasteiger partial charge on any atom is 0.256 e. The van der Waals surface area contributed by atoms with Gasteiger partial charge in [0.15, 0.2) is 0 Å². The van der Waals surface area contributed by atoms with Crippen molar-refractivity contribution in [3.8, 4) is 17.2 Å². The molecule has 5 aromatic rings. The summed E-state index contributed by atoms with van der Waals surface area (Å²) in [6.07, 6.45) is 0. The summed E-state index contributed by atoms with van der Waals surface area (Å²) in [5, 5.41) is 2.69. The van der Waals surface area contributed by atoms with Gasteiger partial charge >= 0.3 is 0 Å². The van der Waals surface area contributed by atoms with Gasteiger partial charge in [-0.15, -0.1) is 0 Å². The molecule has 0 radical (unpaired) electrons. The first-order valence-corrected chi connectivity index (χ1v) is 14.3. The van der Waals surface area contributed by atoms with Crippen LogP contribution in [0.2, 0.25) is 0 Å². The highest BCUT2D eigenvalue weighted by atomic mass is 16.5. The normalized spacial score (nSPS) is 14.4. The molecule has 0 saturated heterocycles. The molecule has 3 heterocycles. The fraction of sp³-hybridized carbons (Fsp3) is 0.333. The molecule has 1 aromatic heterocycles. The van der Waals surface area contributed by atoms with E-state index in [1.165, 1.54) is 60.6 Å². The number of aromatic nitrogens is 1. The van der Waals surface area contributed by atoms with Gasteiger partial charge in [0.1, 0.15) is 11.5 Å². The van der Waals surface area contributed by atoms with E-state index in [-0.39, 0.29) is 23.0 Å². The largest absolute Gasteiger partial charge is 0.458 e. The van der Waals surface area contributed by atoms with E-state index >= 15 is 0 Å². The van der Waals surface area contributed by atoms with Crippen LogP contribution in [0.1, 0.15) is 79.0 Å². The minimum Gasteiger partial charge on any atom is -0.458 e. The lowest BCUT2D eigenvalue weighted by Gasteiger charge is -2.34. The van der Waals surface area contributed by atoms with Crippen LogP contribution in [-0.2, 0) is 16.2 Å². The molecular weight excluding hydrogens is 473 g/mol. The quantitative estimate of drug-likeness (QED) is 0.191. The summed E-state index contributed by atoms with van der Waals surface area (Å²) < 4.78 is 9.21. The van der Waals surface area contributed by atoms with Gasteiger partial charge in [-0.05, 0) is 85.7 Å². The third-order valence-corrected chi connectivity index (χ3v) is 8.92. The van der Waals surface area contributed by atoms with Gasteiger partial charge in [0.2, 0.25) is 0 Å². The average Bonchev–Trinajstić information content (AvgIpc) is 3.18. The van der Waals surface area contributed by atoms with Gasteiger partial charge in [0, 0.05) is 22.0 Å². The van der Waals surface area contributed by atoms with Crippen LogP contribution in [0.4, 0.5) is 0 Å². The summed E-state index contributed by atoms with van der Waals surface area (Å²) in [6, 6.07) is 25.5. The maximum absolute atomic E-state index is 6.71. The second-order valence-corrected chi connectivity index (χ2v) is 14.8. The molecule has 2 aliphatic rings. The molecule has 39 heavy (non-hydrogen) atoms. The standard InChI is InChI=1S/C36H38BNO/c1-34(2,3)21-14-16-28-24(17-21)25-18-23(36(7,8)9)19-27-33(25)38(28)29-11-10-12-30-32(29)37(27)26-15-13-22(35(4,5)6)20-31(26)39-30/h10-20H,1-9H3. The molecule has 7 rings (SSSR count). The van der Waals surface area contributed by atoms with Crippen molar-refractivity contribution in [3.05, 3.63) is 83.4 Å². The minimum atomic E-state index is 0.0324. The van der Waals surface area contributed by atoms with Crippen molar-refractivity contribution in [2.45, 2.75) is 78.6 Å². The Hall–Kier alpha value is -3.46. The Labute approximate surface area is 233 Å². The molecule has 0 bridgehead atoms. The zero-order chi connectivity index (χ0) is 27.6. The fourth-order valence-electron chi connectivity index (χ4n) is 6.58. The molecule has 2 nitrogen and oxygen atoms in total. The molecule has 0 fully saturated rings. The van der Waals surface area contributed by atoms with Crippen molar-refractivity contribution in [1.29, 1.82) is 0 Å². The van der Waals surface area contributed by atoms with Crippen molar-refractivity contribution < 1.29 is 4.74 Å². The first-order valence-electron chi connectivity index (χ1n) is 14.3. The number of hydrogen-bond donors (Lipinski definition) is 0. The van der Waals surface area contributed by atoms with Crippen LogP contribution in [0.5, 0.6) is 11.5 Å². The molecule has 0 aliphatic carbocycles. The van der Waals surface area contributed by atoms with Crippen molar-refractivity contribution >= 4 is 44.9 Å². The van der Waals surface area contributed by atoms with Gasteiger partial charge in [-0.2, -0.15) is 0 Å². The Balaban J connectivity index is 1.64. The summed E-state index contributed by atoms with van der Waals surface area (Å²) in [5.41, 5.74) is 12.0. The number of benzene rings is 4. The van der Waals surface area contributed by atoms with Crippen LogP contribution in [0.15, 0.2) is 66.7 Å². The van der Waals surface area contributed by atoms with E-state index in [9.17, 15) is 0 Å². The Morgan fingerprint density at radius 1 is 0.590 bits per heavy atom. The fourth-order valence-corrected chi connectivity index (χ4v) is 6.58. The zero-order valence-electron chi connectivity index (χ0n) is 24.8. The minimum absolute atomic E-state index is 0.0324. The van der Waals surface area contributed by atoms with Gasteiger partial charge in [-0.3, -0.25) is 0 Å². The van der Waals surface area contributed by atoms with E-state index < -0.39 is 0 Å². The average molecular weight is 512 g/mol. The smallest absolute Gasteiger partial charge is 0.256 e. The van der Waals surface area contributed by atoms with Crippen LogP contribution in [0, 0.1) is 0 Å². The number of fused-ring (bicyclic) bond motifs is 7. The summed E-state index contributed by atoms with van der Waals surface area (Å²) >= 11 is 0. The Bertz CT molecular complexity index is 1840. The summed E-state index contributed by atoms with van der Waals surface area (Å²) in [6.45, 7) is 20.8. The maximum atomic E-state index is 6.71. The molecule has 2 aliphatic heterocycles. The van der Waals surface area contributed by atoms with Gasteiger partial charge in [0.25, 0.3) is 6.71 Å². The van der Waals surface area contributed by atoms with Gasteiger partial charge in [0.05, 0.1) is 5.52 Å². The first kappa shape index (κ1) is 24.6. The molecule has 0 atom stereocenters. The molecule has 196 valence electrons. The van der Waals surface area contributed by atoms with E-state index in [0.29, 0.717) is 0 Å². The van der Waals surface area contributed by atoms with Crippen LogP contribution in [0.3, 0.4) is 0 Å². The molecule has 4 aromatic carbocycles. The predicted octanol–water partition coefficient (Wildman–Crippen LogP) is 7.61. The molecule has 0 unspecified atom stereocenters. The lowest BCUT2D eigenvalue weighted by Crippen LogP contribution is -2.58.